The minimum absolute atomic E-state index is 0.371. The summed E-state index contributed by atoms with van der Waals surface area (Å²) in [5.41, 5.74) is 0.940. The summed E-state index contributed by atoms with van der Waals surface area (Å²) in [6.45, 7) is 0. The van der Waals surface area contributed by atoms with Gasteiger partial charge >= 0.3 is 6.03 Å². The van der Waals surface area contributed by atoms with Gasteiger partial charge in [0, 0.05) is 11.4 Å². The van der Waals surface area contributed by atoms with Crippen LogP contribution in [0.5, 0.6) is 11.6 Å². The van der Waals surface area contributed by atoms with Crippen LogP contribution in [0.25, 0.3) is 10.2 Å². The van der Waals surface area contributed by atoms with E-state index < -0.39 is 11.8 Å². The van der Waals surface area contributed by atoms with Crippen molar-refractivity contribution in [3.63, 3.8) is 0 Å². The maximum Gasteiger partial charge on any atom is 0.323 e. The summed E-state index contributed by atoms with van der Waals surface area (Å²) in [6, 6.07) is 14.0. The molecule has 27 heavy (non-hydrogen) atoms. The molecular formula is C19H13FN4O2S. The zero-order valence-corrected chi connectivity index (χ0v) is 14.7. The van der Waals surface area contributed by atoms with Crippen LogP contribution in [0, 0.1) is 5.82 Å². The Morgan fingerprint density at radius 2 is 1.81 bits per heavy atom. The zero-order valence-electron chi connectivity index (χ0n) is 13.8. The number of urea groups is 1. The van der Waals surface area contributed by atoms with Gasteiger partial charge in [0.05, 0.1) is 5.39 Å². The van der Waals surface area contributed by atoms with E-state index in [1.54, 1.807) is 30.3 Å². The van der Waals surface area contributed by atoms with E-state index in [0.29, 0.717) is 23.0 Å². The van der Waals surface area contributed by atoms with E-state index in [1.165, 1.54) is 35.9 Å². The highest BCUT2D eigenvalue weighted by molar-refractivity contribution is 7.16. The van der Waals surface area contributed by atoms with E-state index in [9.17, 15) is 9.18 Å². The lowest BCUT2D eigenvalue weighted by molar-refractivity contribution is 0.262. The van der Waals surface area contributed by atoms with Crippen molar-refractivity contribution >= 4 is 39.0 Å². The molecule has 0 saturated carbocycles. The molecule has 4 aromatic rings. The summed E-state index contributed by atoms with van der Waals surface area (Å²) in [7, 11) is 0. The molecule has 8 heteroatoms. The van der Waals surface area contributed by atoms with Crippen LogP contribution in [0.2, 0.25) is 0 Å². The molecule has 0 bridgehead atoms. The number of carbonyl (C=O) groups is 1. The predicted molar refractivity (Wildman–Crippen MR) is 103 cm³/mol. The van der Waals surface area contributed by atoms with Crippen molar-refractivity contribution < 1.29 is 13.9 Å². The van der Waals surface area contributed by atoms with E-state index in [1.807, 2.05) is 11.4 Å². The summed E-state index contributed by atoms with van der Waals surface area (Å²) in [5, 5.41) is 8.01. The van der Waals surface area contributed by atoms with Gasteiger partial charge in [-0.25, -0.2) is 19.2 Å². The monoisotopic (exact) mass is 380 g/mol. The highest BCUT2D eigenvalue weighted by atomic mass is 32.1. The fourth-order valence-electron chi connectivity index (χ4n) is 2.43. The van der Waals surface area contributed by atoms with Crippen LogP contribution >= 0.6 is 11.3 Å². The Morgan fingerprint density at radius 3 is 2.63 bits per heavy atom. The molecule has 6 nitrogen and oxygen atoms in total. The fourth-order valence-corrected chi connectivity index (χ4v) is 3.15. The Morgan fingerprint density at radius 1 is 1.00 bits per heavy atom. The maximum absolute atomic E-state index is 13.2. The van der Waals surface area contributed by atoms with Gasteiger partial charge in [0.15, 0.2) is 0 Å². The number of halogens is 1. The molecule has 0 aliphatic carbocycles. The van der Waals surface area contributed by atoms with Gasteiger partial charge in [0.25, 0.3) is 0 Å². The number of hydrogen-bond acceptors (Lipinski definition) is 5. The van der Waals surface area contributed by atoms with Crippen molar-refractivity contribution in [3.05, 3.63) is 72.1 Å². The van der Waals surface area contributed by atoms with Gasteiger partial charge in [-0.15, -0.1) is 11.3 Å². The molecular weight excluding hydrogens is 367 g/mol. The van der Waals surface area contributed by atoms with Gasteiger partial charge in [0.2, 0.25) is 5.88 Å². The molecule has 4 rings (SSSR count). The Hall–Kier alpha value is -3.52. The average molecular weight is 380 g/mol. The first kappa shape index (κ1) is 16.9. The number of carbonyl (C=O) groups excluding carboxylic acids is 1. The Bertz CT molecular complexity index is 1100. The van der Waals surface area contributed by atoms with Crippen LogP contribution in [0.1, 0.15) is 0 Å². The van der Waals surface area contributed by atoms with Crippen LogP contribution in [-0.4, -0.2) is 16.0 Å². The van der Waals surface area contributed by atoms with Crippen LogP contribution < -0.4 is 15.4 Å². The Balaban J connectivity index is 1.41. The Kier molecular flexibility index (Phi) is 4.63. The molecule has 2 heterocycles. The molecule has 0 saturated heterocycles. The molecule has 0 spiro atoms. The topological polar surface area (TPSA) is 76.1 Å². The molecule has 2 amide bonds. The molecule has 2 aromatic carbocycles. The first-order valence-electron chi connectivity index (χ1n) is 7.97. The van der Waals surface area contributed by atoms with Crippen molar-refractivity contribution in [3.8, 4) is 11.6 Å². The third kappa shape index (κ3) is 4.01. The number of benzene rings is 2. The lowest BCUT2D eigenvalue weighted by atomic mass is 10.3. The van der Waals surface area contributed by atoms with Gasteiger partial charge in [0.1, 0.15) is 22.7 Å². The summed E-state index contributed by atoms with van der Waals surface area (Å²) in [6.07, 6.45) is 1.46. The van der Waals surface area contributed by atoms with Crippen molar-refractivity contribution in [1.29, 1.82) is 0 Å². The van der Waals surface area contributed by atoms with Crippen molar-refractivity contribution in [2.75, 3.05) is 10.6 Å². The lowest BCUT2D eigenvalue weighted by Gasteiger charge is -2.09. The molecule has 0 atom stereocenters. The number of fused-ring (bicyclic) bond motifs is 1. The largest absolute Gasteiger partial charge is 0.438 e. The lowest BCUT2D eigenvalue weighted by Crippen LogP contribution is -2.19. The van der Waals surface area contributed by atoms with Crippen LogP contribution in [-0.2, 0) is 0 Å². The zero-order chi connectivity index (χ0) is 18.6. The number of anilines is 2. The predicted octanol–water partition coefficient (Wildman–Crippen LogP) is 5.27. The number of rotatable bonds is 4. The van der Waals surface area contributed by atoms with E-state index in [2.05, 4.69) is 20.6 Å². The van der Waals surface area contributed by atoms with Gasteiger partial charge in [-0.05, 0) is 53.9 Å². The minimum Gasteiger partial charge on any atom is -0.438 e. The summed E-state index contributed by atoms with van der Waals surface area (Å²) < 4.78 is 19.0. The van der Waals surface area contributed by atoms with Gasteiger partial charge in [-0.1, -0.05) is 6.07 Å². The third-order valence-corrected chi connectivity index (χ3v) is 4.46. The second kappa shape index (κ2) is 7.38. The van der Waals surface area contributed by atoms with E-state index in [4.69, 9.17) is 4.74 Å². The SMILES string of the molecule is O=C(Nc1ccc(Oc2ncnc3sccc23)cc1)Nc1cccc(F)c1. The quantitative estimate of drug-likeness (QED) is 0.506. The second-order valence-corrected chi connectivity index (χ2v) is 6.43. The van der Waals surface area contributed by atoms with E-state index in [-0.39, 0.29) is 0 Å². The molecule has 134 valence electrons. The fraction of sp³-hybridized carbons (Fsp3) is 0. The summed E-state index contributed by atoms with van der Waals surface area (Å²) in [5.74, 6) is 0.641. The Labute approximate surface area is 157 Å². The number of thiophene rings is 1. The van der Waals surface area contributed by atoms with E-state index in [0.717, 1.165) is 10.2 Å². The number of aromatic nitrogens is 2. The second-order valence-electron chi connectivity index (χ2n) is 5.53. The molecule has 0 aliphatic rings. The number of ether oxygens (including phenoxy) is 1. The van der Waals surface area contributed by atoms with Gasteiger partial charge < -0.3 is 15.4 Å². The highest BCUT2D eigenvalue weighted by Crippen LogP contribution is 2.29. The molecule has 0 radical (unpaired) electrons. The van der Waals surface area contributed by atoms with Crippen LogP contribution in [0.3, 0.4) is 0 Å². The van der Waals surface area contributed by atoms with Crippen LogP contribution in [0.4, 0.5) is 20.6 Å². The van der Waals surface area contributed by atoms with Crippen molar-refractivity contribution in [1.82, 2.24) is 9.97 Å². The average Bonchev–Trinajstić information content (AvgIpc) is 3.13. The first-order chi connectivity index (χ1) is 13.2. The number of nitrogens with one attached hydrogen (secondary N) is 2. The van der Waals surface area contributed by atoms with Crippen LogP contribution in [0.15, 0.2) is 66.3 Å². The summed E-state index contributed by atoms with van der Waals surface area (Å²) >= 11 is 1.51. The van der Waals surface area contributed by atoms with Gasteiger partial charge in [-0.2, -0.15) is 0 Å². The number of nitrogens with zero attached hydrogens (tertiary/aromatic N) is 2. The summed E-state index contributed by atoms with van der Waals surface area (Å²) in [4.78, 5) is 21.2. The molecule has 0 aliphatic heterocycles. The van der Waals surface area contributed by atoms with Crippen molar-refractivity contribution in [2.45, 2.75) is 0 Å². The normalized spacial score (nSPS) is 10.6. The highest BCUT2D eigenvalue weighted by Gasteiger charge is 2.08. The maximum atomic E-state index is 13.2. The van der Waals surface area contributed by atoms with Gasteiger partial charge in [-0.3, -0.25) is 0 Å². The van der Waals surface area contributed by atoms with E-state index >= 15 is 0 Å². The first-order valence-corrected chi connectivity index (χ1v) is 8.85. The smallest absolute Gasteiger partial charge is 0.323 e. The molecule has 2 aromatic heterocycles. The number of amides is 2. The molecule has 0 fully saturated rings. The minimum atomic E-state index is -0.468. The standard InChI is InChI=1S/C19H13FN4O2S/c20-12-2-1-3-14(10-12)24-19(25)23-13-4-6-15(7-5-13)26-17-16-8-9-27-18(16)22-11-21-17/h1-11H,(H2,23,24,25). The number of hydrogen-bond donors (Lipinski definition) is 2. The molecule has 2 N–H and O–H groups in total. The molecule has 0 unspecified atom stereocenters. The van der Waals surface area contributed by atoms with Crippen molar-refractivity contribution in [2.24, 2.45) is 0 Å². The third-order valence-electron chi connectivity index (χ3n) is 3.63.